The third-order valence-electron chi connectivity index (χ3n) is 5.00. The minimum atomic E-state index is -1.54. The molecule has 0 radical (unpaired) electrons. The Balaban J connectivity index is 1.72. The van der Waals surface area contributed by atoms with Gasteiger partial charge in [-0.3, -0.25) is 4.79 Å². The summed E-state index contributed by atoms with van der Waals surface area (Å²) < 4.78 is 16.7. The first-order valence-corrected chi connectivity index (χ1v) is 9.21. The third-order valence-corrected chi connectivity index (χ3v) is 5.00. The first-order valence-electron chi connectivity index (χ1n) is 9.21. The van der Waals surface area contributed by atoms with Crippen molar-refractivity contribution in [2.75, 3.05) is 0 Å². The van der Waals surface area contributed by atoms with E-state index < -0.39 is 41.9 Å². The molecule has 1 fully saturated rings. The summed E-state index contributed by atoms with van der Waals surface area (Å²) in [6, 6.07) is 9.76. The molecule has 2 heterocycles. The Morgan fingerprint density at radius 2 is 1.63 bits per heavy atom. The van der Waals surface area contributed by atoms with Gasteiger partial charge in [-0.25, -0.2) is 0 Å². The van der Waals surface area contributed by atoms with Crippen LogP contribution in [-0.2, 0) is 4.74 Å². The van der Waals surface area contributed by atoms with Crippen LogP contribution in [0.5, 0.6) is 17.2 Å². The predicted molar refractivity (Wildman–Crippen MR) is 104 cm³/mol. The van der Waals surface area contributed by atoms with E-state index in [2.05, 4.69) is 0 Å². The summed E-state index contributed by atoms with van der Waals surface area (Å²) in [4.78, 5) is 12.5. The number of ether oxygens (including phenoxy) is 2. The Kier molecular flexibility index (Phi) is 5.12. The van der Waals surface area contributed by atoms with Gasteiger partial charge >= 0.3 is 0 Å². The zero-order valence-corrected chi connectivity index (χ0v) is 15.8. The summed E-state index contributed by atoms with van der Waals surface area (Å²) in [6.45, 7) is 1.51. The largest absolute Gasteiger partial charge is 0.508 e. The third kappa shape index (κ3) is 3.59. The molecule has 3 aromatic rings. The van der Waals surface area contributed by atoms with Crippen molar-refractivity contribution < 1.29 is 39.4 Å². The van der Waals surface area contributed by atoms with Crippen molar-refractivity contribution in [3.63, 3.8) is 0 Å². The molecule has 9 heteroatoms. The fourth-order valence-corrected chi connectivity index (χ4v) is 3.32. The zero-order valence-electron chi connectivity index (χ0n) is 15.8. The highest BCUT2D eigenvalue weighted by Crippen LogP contribution is 2.33. The minimum Gasteiger partial charge on any atom is -0.508 e. The lowest BCUT2D eigenvalue weighted by Gasteiger charge is -2.38. The average Bonchev–Trinajstić information content (AvgIpc) is 2.70. The number of rotatable bonds is 3. The van der Waals surface area contributed by atoms with Crippen molar-refractivity contribution in [3.8, 4) is 28.6 Å². The zero-order chi connectivity index (χ0) is 21.6. The molecule has 1 aromatic heterocycles. The standard InChI is InChI=1S/C21H20O9/c1-9-18(25)19(26)20(27)21(28-9)29-12-6-13(23)17-14(24)8-15(30-16(17)7-12)10-2-4-11(22)5-3-10/h2-9,18-23,25-27H,1H3/t9-,18-,19+,20+,21-/m0/s1. The number of phenols is 2. The fraction of sp³-hybridized carbons (Fsp3) is 0.286. The molecule has 5 atom stereocenters. The summed E-state index contributed by atoms with van der Waals surface area (Å²) >= 11 is 0. The van der Waals surface area contributed by atoms with Gasteiger partial charge < -0.3 is 39.4 Å². The minimum absolute atomic E-state index is 0.0193. The van der Waals surface area contributed by atoms with Crippen molar-refractivity contribution in [2.24, 2.45) is 0 Å². The summed E-state index contributed by atoms with van der Waals surface area (Å²) in [5.41, 5.74) is 0.0820. The van der Waals surface area contributed by atoms with Crippen molar-refractivity contribution in [1.29, 1.82) is 0 Å². The Labute approximate surface area is 170 Å². The van der Waals surface area contributed by atoms with E-state index in [1.54, 1.807) is 12.1 Å². The molecule has 0 amide bonds. The molecule has 5 N–H and O–H groups in total. The molecule has 2 aromatic carbocycles. The van der Waals surface area contributed by atoms with Crippen molar-refractivity contribution in [1.82, 2.24) is 0 Å². The maximum atomic E-state index is 12.5. The number of fused-ring (bicyclic) bond motifs is 1. The van der Waals surface area contributed by atoms with Gasteiger partial charge in [0.15, 0.2) is 5.43 Å². The van der Waals surface area contributed by atoms with Gasteiger partial charge in [0.1, 0.15) is 52.3 Å². The van der Waals surface area contributed by atoms with Gasteiger partial charge in [0.05, 0.1) is 6.10 Å². The number of aromatic hydroxyl groups is 2. The van der Waals surface area contributed by atoms with E-state index in [4.69, 9.17) is 13.9 Å². The highest BCUT2D eigenvalue weighted by molar-refractivity contribution is 5.86. The Morgan fingerprint density at radius 3 is 2.33 bits per heavy atom. The number of hydrogen-bond acceptors (Lipinski definition) is 9. The van der Waals surface area contributed by atoms with E-state index in [1.807, 2.05) is 0 Å². The second kappa shape index (κ2) is 7.62. The summed E-state index contributed by atoms with van der Waals surface area (Å²) in [7, 11) is 0. The molecule has 0 saturated carbocycles. The summed E-state index contributed by atoms with van der Waals surface area (Å²) in [5, 5.41) is 49.5. The normalized spacial score (nSPS) is 26.6. The van der Waals surface area contributed by atoms with Crippen molar-refractivity contribution in [3.05, 3.63) is 52.7 Å². The van der Waals surface area contributed by atoms with Gasteiger partial charge in [-0.15, -0.1) is 0 Å². The smallest absolute Gasteiger partial charge is 0.229 e. The fourth-order valence-electron chi connectivity index (χ4n) is 3.32. The number of phenolic OH excluding ortho intramolecular Hbond substituents is 2. The molecule has 0 aliphatic carbocycles. The highest BCUT2D eigenvalue weighted by Gasteiger charge is 2.43. The van der Waals surface area contributed by atoms with Gasteiger partial charge in [0.2, 0.25) is 6.29 Å². The quantitative estimate of drug-likeness (QED) is 0.423. The lowest BCUT2D eigenvalue weighted by molar-refractivity contribution is -0.268. The SMILES string of the molecule is C[C@@H]1O[C@@H](Oc2cc(O)c3c(=O)cc(-c4ccc(O)cc4)oc3c2)[C@H](O)[C@H](O)[C@H]1O. The lowest BCUT2D eigenvalue weighted by Crippen LogP contribution is -2.58. The van der Waals surface area contributed by atoms with Crippen LogP contribution in [0.2, 0.25) is 0 Å². The average molecular weight is 416 g/mol. The topological polar surface area (TPSA) is 150 Å². The van der Waals surface area contributed by atoms with E-state index in [-0.39, 0.29) is 28.2 Å². The van der Waals surface area contributed by atoms with Gasteiger partial charge in [-0.1, -0.05) is 0 Å². The molecule has 9 nitrogen and oxygen atoms in total. The van der Waals surface area contributed by atoms with Crippen LogP contribution in [0.25, 0.3) is 22.3 Å². The molecular weight excluding hydrogens is 396 g/mol. The molecule has 4 rings (SSSR count). The van der Waals surface area contributed by atoms with Crippen LogP contribution in [0.3, 0.4) is 0 Å². The molecule has 1 aliphatic rings. The van der Waals surface area contributed by atoms with E-state index >= 15 is 0 Å². The van der Waals surface area contributed by atoms with E-state index in [9.17, 15) is 30.3 Å². The molecule has 158 valence electrons. The van der Waals surface area contributed by atoms with Crippen LogP contribution in [0.15, 0.2) is 51.7 Å². The first kappa shape index (κ1) is 20.2. The Bertz CT molecular complexity index is 1120. The van der Waals surface area contributed by atoms with Crippen molar-refractivity contribution in [2.45, 2.75) is 37.6 Å². The number of hydrogen-bond donors (Lipinski definition) is 5. The maximum Gasteiger partial charge on any atom is 0.229 e. The predicted octanol–water partition coefficient (Wildman–Crippen LogP) is 1.08. The van der Waals surface area contributed by atoms with E-state index in [0.29, 0.717) is 5.56 Å². The monoisotopic (exact) mass is 416 g/mol. The van der Waals surface area contributed by atoms with Gasteiger partial charge in [-0.05, 0) is 31.2 Å². The maximum absolute atomic E-state index is 12.5. The van der Waals surface area contributed by atoms with Crippen LogP contribution in [0.4, 0.5) is 0 Å². The molecule has 0 unspecified atom stereocenters. The molecule has 1 saturated heterocycles. The van der Waals surface area contributed by atoms with Gasteiger partial charge in [0.25, 0.3) is 0 Å². The molecular formula is C21H20O9. The van der Waals surface area contributed by atoms with Crippen LogP contribution >= 0.6 is 0 Å². The molecule has 0 spiro atoms. The molecule has 1 aliphatic heterocycles. The molecule has 30 heavy (non-hydrogen) atoms. The van der Waals surface area contributed by atoms with E-state index in [1.165, 1.54) is 31.2 Å². The van der Waals surface area contributed by atoms with Gasteiger partial charge in [0, 0.05) is 23.8 Å². The number of aliphatic hydroxyl groups is 3. The first-order chi connectivity index (χ1) is 14.2. The van der Waals surface area contributed by atoms with Crippen LogP contribution in [0, 0.1) is 0 Å². The van der Waals surface area contributed by atoms with Gasteiger partial charge in [-0.2, -0.15) is 0 Å². The van der Waals surface area contributed by atoms with E-state index in [0.717, 1.165) is 6.07 Å². The number of benzene rings is 2. The van der Waals surface area contributed by atoms with Crippen molar-refractivity contribution >= 4 is 11.0 Å². The highest BCUT2D eigenvalue weighted by atomic mass is 16.7. The Morgan fingerprint density at radius 1 is 0.933 bits per heavy atom. The van der Waals surface area contributed by atoms with Crippen LogP contribution < -0.4 is 10.2 Å². The van der Waals surface area contributed by atoms with Crippen LogP contribution in [0.1, 0.15) is 6.92 Å². The summed E-state index contributed by atoms with van der Waals surface area (Å²) in [6.07, 6.45) is -6.42. The molecule has 0 bridgehead atoms. The number of aliphatic hydroxyl groups excluding tert-OH is 3. The second-order valence-electron chi connectivity index (χ2n) is 7.14. The second-order valence-corrected chi connectivity index (χ2v) is 7.14. The lowest BCUT2D eigenvalue weighted by atomic mass is 10.00. The van der Waals surface area contributed by atoms with Crippen LogP contribution in [-0.4, -0.2) is 56.2 Å². The summed E-state index contributed by atoms with van der Waals surface area (Å²) in [5.74, 6) is -0.105. The Hall–Kier alpha value is -3.11.